The maximum atomic E-state index is 13.6. The van der Waals surface area contributed by atoms with E-state index in [-0.39, 0.29) is 28.3 Å². The predicted molar refractivity (Wildman–Crippen MR) is 120 cm³/mol. The summed E-state index contributed by atoms with van der Waals surface area (Å²) in [5.41, 5.74) is 1.79. The summed E-state index contributed by atoms with van der Waals surface area (Å²) in [7, 11) is 1.44. The van der Waals surface area contributed by atoms with Gasteiger partial charge in [0.25, 0.3) is 5.91 Å². The molecule has 2 aromatic carbocycles. The highest BCUT2D eigenvalue weighted by Gasteiger charge is 2.45. The molecule has 1 aliphatic heterocycles. The molecular weight excluding hydrogens is 430 g/mol. The predicted octanol–water partition coefficient (Wildman–Crippen LogP) is 3.98. The van der Waals surface area contributed by atoms with Crippen LogP contribution in [0.25, 0.3) is 11.0 Å². The van der Waals surface area contributed by atoms with Crippen LogP contribution in [0, 0.1) is 6.92 Å². The molecule has 0 aliphatic carbocycles. The van der Waals surface area contributed by atoms with E-state index < -0.39 is 11.9 Å². The molecule has 1 unspecified atom stereocenters. The van der Waals surface area contributed by atoms with E-state index in [0.29, 0.717) is 28.1 Å². The Bertz CT molecular complexity index is 1440. The zero-order chi connectivity index (χ0) is 22.6. The molecule has 1 N–H and O–H groups in total. The molecule has 0 bridgehead atoms. The van der Waals surface area contributed by atoms with E-state index in [2.05, 4.69) is 10.2 Å². The third-order valence-corrected chi connectivity index (χ3v) is 6.58. The van der Waals surface area contributed by atoms with Crippen molar-refractivity contribution in [3.8, 4) is 11.5 Å². The minimum absolute atomic E-state index is 0.0170. The van der Waals surface area contributed by atoms with Gasteiger partial charge in [-0.05, 0) is 43.2 Å². The zero-order valence-electron chi connectivity index (χ0n) is 17.6. The number of hydrogen-bond acceptors (Lipinski definition) is 8. The number of aromatic hydroxyl groups is 1. The smallest absolute Gasteiger partial charge is 0.297 e. The summed E-state index contributed by atoms with van der Waals surface area (Å²) in [6, 6.07) is 9.21. The standard InChI is InChI=1S/C23H19N3O5S/c1-4-17-24-25-23(32-17)26-19(12-6-7-14(27)16(10-12)30-3)18-20(28)13-9-11(2)5-8-15(13)31-21(18)22(26)29/h5-10,19,27H,4H2,1-3H3. The summed E-state index contributed by atoms with van der Waals surface area (Å²) in [6.45, 7) is 3.84. The summed E-state index contributed by atoms with van der Waals surface area (Å²) in [5, 5.41) is 20.0. The van der Waals surface area contributed by atoms with Crippen molar-refractivity contribution < 1.29 is 19.1 Å². The van der Waals surface area contributed by atoms with Gasteiger partial charge < -0.3 is 14.3 Å². The Hall–Kier alpha value is -3.72. The molecule has 5 rings (SSSR count). The fourth-order valence-corrected chi connectivity index (χ4v) is 4.75. The maximum Gasteiger partial charge on any atom is 0.297 e. The molecule has 0 saturated carbocycles. The van der Waals surface area contributed by atoms with Gasteiger partial charge in [0.1, 0.15) is 10.6 Å². The molecule has 3 heterocycles. The highest BCUT2D eigenvalue weighted by molar-refractivity contribution is 7.15. The normalized spacial score (nSPS) is 15.4. The number of benzene rings is 2. The van der Waals surface area contributed by atoms with Crippen LogP contribution in [-0.4, -0.2) is 28.3 Å². The van der Waals surface area contributed by atoms with Crippen LogP contribution in [0.1, 0.15) is 45.2 Å². The number of phenols is 1. The number of fused-ring (bicyclic) bond motifs is 2. The summed E-state index contributed by atoms with van der Waals surface area (Å²) in [6.07, 6.45) is 0.671. The molecule has 2 aromatic heterocycles. The van der Waals surface area contributed by atoms with Gasteiger partial charge in [0.2, 0.25) is 10.9 Å². The second-order valence-corrected chi connectivity index (χ2v) is 8.56. The van der Waals surface area contributed by atoms with Crippen molar-refractivity contribution in [1.82, 2.24) is 10.2 Å². The van der Waals surface area contributed by atoms with Gasteiger partial charge in [-0.25, -0.2) is 0 Å². The minimum Gasteiger partial charge on any atom is -0.504 e. The van der Waals surface area contributed by atoms with Gasteiger partial charge in [0.05, 0.1) is 24.1 Å². The molecule has 0 fully saturated rings. The van der Waals surface area contributed by atoms with Gasteiger partial charge in [-0.1, -0.05) is 36.0 Å². The van der Waals surface area contributed by atoms with Crippen molar-refractivity contribution in [3.05, 3.63) is 74.1 Å². The van der Waals surface area contributed by atoms with Crippen LogP contribution in [0.5, 0.6) is 11.5 Å². The van der Waals surface area contributed by atoms with E-state index in [1.165, 1.54) is 29.4 Å². The summed E-state index contributed by atoms with van der Waals surface area (Å²) in [5.74, 6) is -0.291. The Morgan fingerprint density at radius 2 is 2.00 bits per heavy atom. The number of carbonyl (C=O) groups is 1. The van der Waals surface area contributed by atoms with Gasteiger partial charge in [-0.3, -0.25) is 14.5 Å². The van der Waals surface area contributed by atoms with Crippen molar-refractivity contribution in [2.45, 2.75) is 26.3 Å². The molecule has 9 heteroatoms. The van der Waals surface area contributed by atoms with E-state index in [9.17, 15) is 14.7 Å². The quantitative estimate of drug-likeness (QED) is 0.502. The first-order chi connectivity index (χ1) is 15.4. The number of anilines is 1. The van der Waals surface area contributed by atoms with E-state index >= 15 is 0 Å². The van der Waals surface area contributed by atoms with E-state index in [1.54, 1.807) is 24.3 Å². The molecule has 0 radical (unpaired) electrons. The van der Waals surface area contributed by atoms with Crippen molar-refractivity contribution in [1.29, 1.82) is 0 Å². The highest BCUT2D eigenvalue weighted by atomic mass is 32.1. The lowest BCUT2D eigenvalue weighted by Crippen LogP contribution is -2.29. The lowest BCUT2D eigenvalue weighted by Gasteiger charge is -2.22. The summed E-state index contributed by atoms with van der Waals surface area (Å²) < 4.78 is 11.2. The molecule has 0 saturated heterocycles. The number of amides is 1. The Labute approximate surface area is 186 Å². The van der Waals surface area contributed by atoms with Crippen LogP contribution in [0.15, 0.2) is 45.6 Å². The molecule has 8 nitrogen and oxygen atoms in total. The second kappa shape index (κ2) is 7.45. The Balaban J connectivity index is 1.81. The minimum atomic E-state index is -0.800. The topological polar surface area (TPSA) is 106 Å². The Morgan fingerprint density at radius 1 is 1.19 bits per heavy atom. The number of phenolic OH excluding ortho intramolecular Hbond substituents is 1. The highest BCUT2D eigenvalue weighted by Crippen LogP contribution is 2.43. The molecule has 4 aromatic rings. The average molecular weight is 449 g/mol. The third kappa shape index (κ3) is 2.96. The van der Waals surface area contributed by atoms with Crippen LogP contribution in [-0.2, 0) is 6.42 Å². The summed E-state index contributed by atoms with van der Waals surface area (Å²) in [4.78, 5) is 28.6. The number of ether oxygens (including phenoxy) is 1. The first kappa shape index (κ1) is 20.2. The van der Waals surface area contributed by atoms with Gasteiger partial charge in [0.15, 0.2) is 16.9 Å². The number of carbonyl (C=O) groups excluding carboxylic acids is 1. The molecule has 1 amide bonds. The van der Waals surface area contributed by atoms with Crippen LogP contribution < -0.4 is 15.1 Å². The van der Waals surface area contributed by atoms with Crippen LogP contribution in [0.3, 0.4) is 0 Å². The fraction of sp³-hybridized carbons (Fsp3) is 0.217. The molecule has 162 valence electrons. The van der Waals surface area contributed by atoms with Crippen LogP contribution in [0.2, 0.25) is 0 Å². The SMILES string of the molecule is CCc1nnc(N2C(=O)c3oc4ccc(C)cc4c(=O)c3C2c2ccc(O)c(OC)c2)s1. The van der Waals surface area contributed by atoms with Gasteiger partial charge in [-0.2, -0.15) is 0 Å². The molecule has 1 atom stereocenters. The second-order valence-electron chi connectivity index (χ2n) is 7.51. The van der Waals surface area contributed by atoms with E-state index in [4.69, 9.17) is 9.15 Å². The number of aryl methyl sites for hydroxylation is 2. The van der Waals surface area contributed by atoms with Crippen molar-refractivity contribution in [3.63, 3.8) is 0 Å². The van der Waals surface area contributed by atoms with E-state index in [0.717, 1.165) is 10.6 Å². The van der Waals surface area contributed by atoms with Gasteiger partial charge in [0, 0.05) is 0 Å². The largest absolute Gasteiger partial charge is 0.504 e. The van der Waals surface area contributed by atoms with Gasteiger partial charge >= 0.3 is 0 Å². The van der Waals surface area contributed by atoms with Crippen LogP contribution >= 0.6 is 11.3 Å². The molecule has 1 aliphatic rings. The zero-order valence-corrected chi connectivity index (χ0v) is 18.4. The molecular formula is C23H19N3O5S. The van der Waals surface area contributed by atoms with Crippen LogP contribution in [0.4, 0.5) is 5.13 Å². The number of hydrogen-bond donors (Lipinski definition) is 1. The number of rotatable bonds is 4. The third-order valence-electron chi connectivity index (χ3n) is 5.51. The van der Waals surface area contributed by atoms with Crippen molar-refractivity contribution in [2.24, 2.45) is 0 Å². The number of methoxy groups -OCH3 is 1. The Morgan fingerprint density at radius 3 is 2.72 bits per heavy atom. The summed E-state index contributed by atoms with van der Waals surface area (Å²) >= 11 is 1.29. The first-order valence-corrected chi connectivity index (χ1v) is 10.8. The lowest BCUT2D eigenvalue weighted by atomic mass is 9.98. The Kier molecular flexibility index (Phi) is 4.70. The molecule has 0 spiro atoms. The maximum absolute atomic E-state index is 13.6. The number of nitrogens with zero attached hydrogens (tertiary/aromatic N) is 3. The average Bonchev–Trinajstić information content (AvgIpc) is 3.37. The molecule has 32 heavy (non-hydrogen) atoms. The first-order valence-electron chi connectivity index (χ1n) is 10.0. The fourth-order valence-electron chi connectivity index (χ4n) is 3.95. The van der Waals surface area contributed by atoms with E-state index in [1.807, 2.05) is 19.9 Å². The lowest BCUT2D eigenvalue weighted by molar-refractivity contribution is 0.0970. The van der Waals surface area contributed by atoms with Crippen molar-refractivity contribution >= 4 is 33.3 Å². The van der Waals surface area contributed by atoms with Gasteiger partial charge in [-0.15, -0.1) is 10.2 Å². The van der Waals surface area contributed by atoms with Crippen molar-refractivity contribution in [2.75, 3.05) is 12.0 Å². The number of aromatic nitrogens is 2. The monoisotopic (exact) mass is 449 g/mol.